The lowest BCUT2D eigenvalue weighted by molar-refractivity contribution is -0.122. The van der Waals surface area contributed by atoms with Crippen LogP contribution < -0.4 is 20.4 Å². The molecule has 0 spiro atoms. The number of halogens is 1. The third-order valence-electron chi connectivity index (χ3n) is 3.70. The Kier molecular flexibility index (Phi) is 5.14. The number of anilines is 1. The van der Waals surface area contributed by atoms with Crippen LogP contribution in [0.15, 0.2) is 57.7 Å². The Morgan fingerprint density at radius 3 is 2.69 bits per heavy atom. The molecule has 0 aliphatic rings. The van der Waals surface area contributed by atoms with Gasteiger partial charge in [-0.05, 0) is 43.3 Å². The molecule has 7 heteroatoms. The molecule has 3 rings (SSSR count). The molecule has 0 fully saturated rings. The number of carbonyl (C=O) groups excluding carboxylic acids is 1. The summed E-state index contributed by atoms with van der Waals surface area (Å²) in [6.07, 6.45) is -0.799. The van der Waals surface area contributed by atoms with Crippen LogP contribution in [0.25, 0.3) is 11.0 Å². The minimum Gasteiger partial charge on any atom is -0.495 e. The fraction of sp³-hybridized carbons (Fsp3) is 0.158. The normalized spacial score (nSPS) is 11.8. The summed E-state index contributed by atoms with van der Waals surface area (Å²) < 4.78 is 16.0. The summed E-state index contributed by atoms with van der Waals surface area (Å²) in [6.45, 7) is 1.61. The molecule has 1 aromatic heterocycles. The summed E-state index contributed by atoms with van der Waals surface area (Å²) in [5, 5.41) is 3.96. The van der Waals surface area contributed by atoms with Crippen LogP contribution in [-0.4, -0.2) is 19.1 Å². The van der Waals surface area contributed by atoms with Crippen molar-refractivity contribution in [1.82, 2.24) is 0 Å². The van der Waals surface area contributed by atoms with Crippen molar-refractivity contribution in [1.29, 1.82) is 0 Å². The van der Waals surface area contributed by atoms with Crippen molar-refractivity contribution in [2.75, 3.05) is 12.4 Å². The van der Waals surface area contributed by atoms with Crippen LogP contribution in [0.5, 0.6) is 11.5 Å². The first-order chi connectivity index (χ1) is 12.5. The number of methoxy groups -OCH3 is 1. The van der Waals surface area contributed by atoms with Gasteiger partial charge in [0.2, 0.25) is 0 Å². The van der Waals surface area contributed by atoms with Crippen LogP contribution in [0.1, 0.15) is 6.92 Å². The Hall–Kier alpha value is -2.99. The summed E-state index contributed by atoms with van der Waals surface area (Å²) in [5.41, 5.74) is 0.387. The maximum atomic E-state index is 12.4. The van der Waals surface area contributed by atoms with E-state index < -0.39 is 11.7 Å². The van der Waals surface area contributed by atoms with Crippen LogP contribution in [0.3, 0.4) is 0 Å². The smallest absolute Gasteiger partial charge is 0.336 e. The lowest BCUT2D eigenvalue weighted by atomic mass is 10.2. The van der Waals surface area contributed by atoms with Gasteiger partial charge in [0.15, 0.2) is 6.10 Å². The topological polar surface area (TPSA) is 77.8 Å². The van der Waals surface area contributed by atoms with E-state index in [1.54, 1.807) is 49.4 Å². The molecule has 0 unspecified atom stereocenters. The predicted octanol–water partition coefficient (Wildman–Crippen LogP) is 3.86. The highest BCUT2D eigenvalue weighted by atomic mass is 35.5. The zero-order valence-corrected chi connectivity index (χ0v) is 14.9. The van der Waals surface area contributed by atoms with E-state index >= 15 is 0 Å². The number of ether oxygens (including phenoxy) is 2. The Morgan fingerprint density at radius 2 is 1.92 bits per heavy atom. The monoisotopic (exact) mass is 373 g/mol. The van der Waals surface area contributed by atoms with Gasteiger partial charge < -0.3 is 19.2 Å². The van der Waals surface area contributed by atoms with Gasteiger partial charge in [-0.3, -0.25) is 4.79 Å². The fourth-order valence-electron chi connectivity index (χ4n) is 2.38. The van der Waals surface area contributed by atoms with Gasteiger partial charge >= 0.3 is 5.63 Å². The maximum absolute atomic E-state index is 12.4. The number of fused-ring (bicyclic) bond motifs is 1. The van der Waals surface area contributed by atoms with Crippen LogP contribution in [0.4, 0.5) is 5.69 Å². The minimum absolute atomic E-state index is 0.375. The lowest BCUT2D eigenvalue weighted by Crippen LogP contribution is -2.30. The molecule has 0 radical (unpaired) electrons. The first-order valence-corrected chi connectivity index (χ1v) is 8.19. The number of amides is 1. The number of hydrogen-bond acceptors (Lipinski definition) is 5. The van der Waals surface area contributed by atoms with E-state index in [0.717, 1.165) is 5.39 Å². The molecule has 6 nitrogen and oxygen atoms in total. The molecule has 0 bridgehead atoms. The maximum Gasteiger partial charge on any atom is 0.336 e. The van der Waals surface area contributed by atoms with Crippen LogP contribution in [0, 0.1) is 0 Å². The quantitative estimate of drug-likeness (QED) is 0.687. The second-order valence-corrected chi connectivity index (χ2v) is 5.98. The standard InChI is InChI=1S/C19H16ClNO5/c1-11(19(23)21-15-9-13(20)5-7-16(15)24-2)25-14-6-3-12-4-8-18(22)26-17(12)10-14/h3-11H,1-2H3,(H,21,23)/t11-/m1/s1. The van der Waals surface area contributed by atoms with Gasteiger partial charge in [0.25, 0.3) is 5.91 Å². The number of carbonyl (C=O) groups is 1. The Balaban J connectivity index is 1.75. The van der Waals surface area contributed by atoms with Gasteiger partial charge in [-0.2, -0.15) is 0 Å². The van der Waals surface area contributed by atoms with E-state index in [2.05, 4.69) is 5.32 Å². The molecule has 0 saturated carbocycles. The van der Waals surface area contributed by atoms with Gasteiger partial charge in [-0.25, -0.2) is 4.79 Å². The average molecular weight is 374 g/mol. The van der Waals surface area contributed by atoms with Gasteiger partial charge in [0.1, 0.15) is 17.1 Å². The molecule has 0 aliphatic heterocycles. The molecule has 3 aromatic rings. The average Bonchev–Trinajstić information content (AvgIpc) is 2.61. The van der Waals surface area contributed by atoms with Crippen LogP contribution in [-0.2, 0) is 4.79 Å². The zero-order chi connectivity index (χ0) is 18.7. The Labute approximate surface area is 154 Å². The van der Waals surface area contributed by atoms with Crippen molar-refractivity contribution in [3.8, 4) is 11.5 Å². The van der Waals surface area contributed by atoms with E-state index in [0.29, 0.717) is 27.8 Å². The van der Waals surface area contributed by atoms with E-state index in [-0.39, 0.29) is 5.91 Å². The molecular weight excluding hydrogens is 358 g/mol. The van der Waals surface area contributed by atoms with Gasteiger partial charge in [0, 0.05) is 22.5 Å². The molecule has 26 heavy (non-hydrogen) atoms. The summed E-state index contributed by atoms with van der Waals surface area (Å²) in [6, 6.07) is 12.9. The van der Waals surface area contributed by atoms with Crippen molar-refractivity contribution < 1.29 is 18.7 Å². The van der Waals surface area contributed by atoms with E-state index in [4.69, 9.17) is 25.5 Å². The second kappa shape index (κ2) is 7.49. The molecule has 1 atom stereocenters. The molecule has 0 saturated heterocycles. The van der Waals surface area contributed by atoms with Crippen molar-refractivity contribution in [2.45, 2.75) is 13.0 Å². The summed E-state index contributed by atoms with van der Waals surface area (Å²) in [7, 11) is 1.50. The van der Waals surface area contributed by atoms with Crippen molar-refractivity contribution in [2.24, 2.45) is 0 Å². The molecular formula is C19H16ClNO5. The first kappa shape index (κ1) is 17.8. The Bertz CT molecular complexity index is 1010. The fourth-order valence-corrected chi connectivity index (χ4v) is 2.56. The largest absolute Gasteiger partial charge is 0.495 e. The van der Waals surface area contributed by atoms with Gasteiger partial charge in [0.05, 0.1) is 12.8 Å². The molecule has 2 aromatic carbocycles. The number of rotatable bonds is 5. The van der Waals surface area contributed by atoms with Crippen molar-refractivity contribution in [3.63, 3.8) is 0 Å². The molecule has 0 aliphatic carbocycles. The van der Waals surface area contributed by atoms with E-state index in [1.807, 2.05) is 0 Å². The highest BCUT2D eigenvalue weighted by Crippen LogP contribution is 2.28. The summed E-state index contributed by atoms with van der Waals surface area (Å²) >= 11 is 5.96. The van der Waals surface area contributed by atoms with E-state index in [1.165, 1.54) is 13.2 Å². The highest BCUT2D eigenvalue weighted by molar-refractivity contribution is 6.31. The van der Waals surface area contributed by atoms with Crippen LogP contribution in [0.2, 0.25) is 5.02 Å². The van der Waals surface area contributed by atoms with Crippen LogP contribution >= 0.6 is 11.6 Å². The van der Waals surface area contributed by atoms with Gasteiger partial charge in [-0.15, -0.1) is 0 Å². The molecule has 134 valence electrons. The molecule has 1 N–H and O–H groups in total. The summed E-state index contributed by atoms with van der Waals surface area (Å²) in [4.78, 5) is 23.7. The summed E-state index contributed by atoms with van der Waals surface area (Å²) in [5.74, 6) is 0.523. The predicted molar refractivity (Wildman–Crippen MR) is 99.2 cm³/mol. The molecule has 1 heterocycles. The minimum atomic E-state index is -0.799. The SMILES string of the molecule is COc1ccc(Cl)cc1NC(=O)[C@@H](C)Oc1ccc2ccc(=O)oc2c1. The number of hydrogen-bond donors (Lipinski definition) is 1. The molecule has 1 amide bonds. The zero-order valence-electron chi connectivity index (χ0n) is 14.1. The van der Waals surface area contributed by atoms with Gasteiger partial charge in [-0.1, -0.05) is 11.6 Å². The lowest BCUT2D eigenvalue weighted by Gasteiger charge is -2.16. The Morgan fingerprint density at radius 1 is 1.15 bits per heavy atom. The van der Waals surface area contributed by atoms with Crippen molar-refractivity contribution >= 4 is 34.2 Å². The third kappa shape index (κ3) is 3.97. The number of benzene rings is 2. The third-order valence-corrected chi connectivity index (χ3v) is 3.93. The highest BCUT2D eigenvalue weighted by Gasteiger charge is 2.17. The van der Waals surface area contributed by atoms with E-state index in [9.17, 15) is 9.59 Å². The van der Waals surface area contributed by atoms with Crippen molar-refractivity contribution in [3.05, 3.63) is 64.0 Å². The number of nitrogens with one attached hydrogen (secondary N) is 1. The second-order valence-electron chi connectivity index (χ2n) is 5.55. The first-order valence-electron chi connectivity index (χ1n) is 7.81.